The van der Waals surface area contributed by atoms with Crippen LogP contribution in [0.4, 0.5) is 5.13 Å². The van der Waals surface area contributed by atoms with Gasteiger partial charge in [0.25, 0.3) is 5.91 Å². The SMILES string of the molecule is COc1ccc(Cc2nnc(NC(=O)C(C)Oc3ccccc3)s2)cc1. The summed E-state index contributed by atoms with van der Waals surface area (Å²) < 4.78 is 10.8. The molecule has 3 aromatic rings. The van der Waals surface area contributed by atoms with Crippen molar-refractivity contribution in [3.63, 3.8) is 0 Å². The van der Waals surface area contributed by atoms with Crippen LogP contribution in [0.1, 0.15) is 17.5 Å². The third kappa shape index (κ3) is 4.80. The van der Waals surface area contributed by atoms with E-state index in [-0.39, 0.29) is 5.91 Å². The Bertz CT molecular complexity index is 850. The van der Waals surface area contributed by atoms with Crippen molar-refractivity contribution in [2.75, 3.05) is 12.4 Å². The van der Waals surface area contributed by atoms with Gasteiger partial charge in [-0.25, -0.2) is 0 Å². The first kappa shape index (κ1) is 17.9. The molecule has 6 nitrogen and oxygen atoms in total. The molecule has 0 saturated heterocycles. The number of nitrogens with zero attached hydrogens (tertiary/aromatic N) is 2. The van der Waals surface area contributed by atoms with Crippen LogP contribution in [0.2, 0.25) is 0 Å². The summed E-state index contributed by atoms with van der Waals surface area (Å²) in [6.45, 7) is 1.70. The number of benzene rings is 2. The lowest BCUT2D eigenvalue weighted by atomic mass is 10.1. The zero-order chi connectivity index (χ0) is 18.4. The molecule has 1 atom stereocenters. The van der Waals surface area contributed by atoms with Gasteiger partial charge in [-0.15, -0.1) is 10.2 Å². The van der Waals surface area contributed by atoms with Crippen LogP contribution >= 0.6 is 11.3 Å². The van der Waals surface area contributed by atoms with Crippen LogP contribution in [0.25, 0.3) is 0 Å². The van der Waals surface area contributed by atoms with Gasteiger partial charge in [-0.05, 0) is 36.8 Å². The molecule has 0 spiro atoms. The minimum Gasteiger partial charge on any atom is -0.497 e. The topological polar surface area (TPSA) is 73.3 Å². The molecular weight excluding hydrogens is 350 g/mol. The molecule has 1 heterocycles. The lowest BCUT2D eigenvalue weighted by Gasteiger charge is -2.13. The Kier molecular flexibility index (Phi) is 5.80. The smallest absolute Gasteiger partial charge is 0.266 e. The number of amides is 1. The predicted octanol–water partition coefficient (Wildman–Crippen LogP) is 3.54. The molecule has 2 aromatic carbocycles. The third-order valence-corrected chi connectivity index (χ3v) is 4.48. The number of hydrogen-bond donors (Lipinski definition) is 1. The molecule has 1 amide bonds. The molecule has 26 heavy (non-hydrogen) atoms. The van der Waals surface area contributed by atoms with Crippen molar-refractivity contribution >= 4 is 22.4 Å². The van der Waals surface area contributed by atoms with Crippen molar-refractivity contribution in [3.05, 3.63) is 65.2 Å². The minimum absolute atomic E-state index is 0.263. The van der Waals surface area contributed by atoms with Crippen LogP contribution in [0.5, 0.6) is 11.5 Å². The first-order valence-corrected chi connectivity index (χ1v) is 8.93. The molecule has 0 aliphatic heterocycles. The van der Waals surface area contributed by atoms with E-state index in [1.807, 2.05) is 54.6 Å². The Labute approximate surface area is 155 Å². The number of para-hydroxylation sites is 1. The number of carbonyl (C=O) groups is 1. The normalized spacial score (nSPS) is 11.6. The van der Waals surface area contributed by atoms with Gasteiger partial charge in [0.1, 0.15) is 16.5 Å². The van der Waals surface area contributed by atoms with Gasteiger partial charge in [0, 0.05) is 6.42 Å². The van der Waals surface area contributed by atoms with Crippen LogP contribution in [-0.2, 0) is 11.2 Å². The Morgan fingerprint density at radius 2 is 1.81 bits per heavy atom. The van der Waals surface area contributed by atoms with E-state index < -0.39 is 6.10 Å². The van der Waals surface area contributed by atoms with Gasteiger partial charge >= 0.3 is 0 Å². The number of methoxy groups -OCH3 is 1. The van der Waals surface area contributed by atoms with Gasteiger partial charge in [0.05, 0.1) is 7.11 Å². The number of aromatic nitrogens is 2. The molecular formula is C19H19N3O3S. The molecule has 0 fully saturated rings. The summed E-state index contributed by atoms with van der Waals surface area (Å²) in [4.78, 5) is 12.2. The van der Waals surface area contributed by atoms with Crippen LogP contribution in [0.3, 0.4) is 0 Å². The first-order chi connectivity index (χ1) is 12.6. The fourth-order valence-electron chi connectivity index (χ4n) is 2.26. The molecule has 1 unspecified atom stereocenters. The monoisotopic (exact) mass is 369 g/mol. The maximum absolute atomic E-state index is 12.2. The highest BCUT2D eigenvalue weighted by Crippen LogP contribution is 2.20. The second-order valence-corrected chi connectivity index (χ2v) is 6.65. The van der Waals surface area contributed by atoms with Crippen LogP contribution in [0.15, 0.2) is 54.6 Å². The van der Waals surface area contributed by atoms with Crippen LogP contribution in [-0.4, -0.2) is 29.3 Å². The van der Waals surface area contributed by atoms with Crippen molar-refractivity contribution in [2.24, 2.45) is 0 Å². The minimum atomic E-state index is -0.633. The molecule has 0 radical (unpaired) electrons. The number of carbonyl (C=O) groups excluding carboxylic acids is 1. The maximum Gasteiger partial charge on any atom is 0.266 e. The first-order valence-electron chi connectivity index (χ1n) is 8.12. The molecule has 0 bridgehead atoms. The van der Waals surface area contributed by atoms with Gasteiger partial charge in [0.2, 0.25) is 5.13 Å². The molecule has 134 valence electrons. The van der Waals surface area contributed by atoms with E-state index in [0.29, 0.717) is 17.3 Å². The summed E-state index contributed by atoms with van der Waals surface area (Å²) in [5, 5.41) is 12.2. The summed E-state index contributed by atoms with van der Waals surface area (Å²) in [5.74, 6) is 1.19. The van der Waals surface area contributed by atoms with E-state index in [0.717, 1.165) is 16.3 Å². The Balaban J connectivity index is 1.56. The van der Waals surface area contributed by atoms with Crippen molar-refractivity contribution in [3.8, 4) is 11.5 Å². The number of rotatable bonds is 7. The standard InChI is InChI=1S/C19H19N3O3S/c1-13(25-16-6-4-3-5-7-16)18(23)20-19-22-21-17(26-19)12-14-8-10-15(24-2)11-9-14/h3-11,13H,12H2,1-2H3,(H,20,22,23). The lowest BCUT2D eigenvalue weighted by molar-refractivity contribution is -0.122. The van der Waals surface area contributed by atoms with Crippen molar-refractivity contribution < 1.29 is 14.3 Å². The quantitative estimate of drug-likeness (QED) is 0.689. The van der Waals surface area contributed by atoms with Crippen LogP contribution < -0.4 is 14.8 Å². The number of ether oxygens (including phenoxy) is 2. The average molecular weight is 369 g/mol. The van der Waals surface area contributed by atoms with Gasteiger partial charge < -0.3 is 9.47 Å². The Morgan fingerprint density at radius 3 is 2.50 bits per heavy atom. The van der Waals surface area contributed by atoms with E-state index >= 15 is 0 Å². The summed E-state index contributed by atoms with van der Waals surface area (Å²) >= 11 is 1.35. The highest BCUT2D eigenvalue weighted by molar-refractivity contribution is 7.15. The Hall–Kier alpha value is -2.93. The summed E-state index contributed by atoms with van der Waals surface area (Å²) in [7, 11) is 1.64. The van der Waals surface area contributed by atoms with E-state index in [2.05, 4.69) is 15.5 Å². The lowest BCUT2D eigenvalue weighted by Crippen LogP contribution is -2.30. The molecule has 3 rings (SSSR count). The summed E-state index contributed by atoms with van der Waals surface area (Å²) in [6, 6.07) is 17.0. The van der Waals surface area contributed by atoms with E-state index in [4.69, 9.17) is 9.47 Å². The molecule has 0 saturated carbocycles. The zero-order valence-corrected chi connectivity index (χ0v) is 15.3. The molecule has 7 heteroatoms. The average Bonchev–Trinajstić information content (AvgIpc) is 3.10. The number of nitrogens with one attached hydrogen (secondary N) is 1. The van der Waals surface area contributed by atoms with E-state index in [1.165, 1.54) is 11.3 Å². The number of hydrogen-bond acceptors (Lipinski definition) is 6. The highest BCUT2D eigenvalue weighted by Gasteiger charge is 2.17. The molecule has 0 aliphatic rings. The second kappa shape index (κ2) is 8.44. The Morgan fingerprint density at radius 1 is 1.08 bits per heavy atom. The fourth-order valence-corrected chi connectivity index (χ4v) is 3.03. The summed E-state index contributed by atoms with van der Waals surface area (Å²) in [5.41, 5.74) is 1.10. The van der Waals surface area contributed by atoms with Gasteiger partial charge in [0.15, 0.2) is 6.10 Å². The van der Waals surface area contributed by atoms with Crippen LogP contribution in [0, 0.1) is 0 Å². The highest BCUT2D eigenvalue weighted by atomic mass is 32.1. The zero-order valence-electron chi connectivity index (χ0n) is 14.5. The fraction of sp³-hybridized carbons (Fsp3) is 0.211. The number of anilines is 1. The summed E-state index contributed by atoms with van der Waals surface area (Å²) in [6.07, 6.45) is 0.0134. The van der Waals surface area contributed by atoms with Gasteiger partial charge in [-0.2, -0.15) is 0 Å². The van der Waals surface area contributed by atoms with Crippen molar-refractivity contribution in [1.29, 1.82) is 0 Å². The molecule has 0 aliphatic carbocycles. The molecule has 1 N–H and O–H groups in total. The predicted molar refractivity (Wildman–Crippen MR) is 101 cm³/mol. The maximum atomic E-state index is 12.2. The molecule has 1 aromatic heterocycles. The largest absolute Gasteiger partial charge is 0.497 e. The van der Waals surface area contributed by atoms with Crippen molar-refractivity contribution in [2.45, 2.75) is 19.4 Å². The van der Waals surface area contributed by atoms with Gasteiger partial charge in [-0.1, -0.05) is 41.7 Å². The van der Waals surface area contributed by atoms with Gasteiger partial charge in [-0.3, -0.25) is 10.1 Å². The van der Waals surface area contributed by atoms with Crippen molar-refractivity contribution in [1.82, 2.24) is 10.2 Å². The van der Waals surface area contributed by atoms with E-state index in [9.17, 15) is 4.79 Å². The van der Waals surface area contributed by atoms with E-state index in [1.54, 1.807) is 14.0 Å². The third-order valence-electron chi connectivity index (χ3n) is 3.64. The second-order valence-electron chi connectivity index (χ2n) is 5.59.